The second-order valence-electron chi connectivity index (χ2n) is 4.93. The fraction of sp³-hybridized carbons (Fsp3) is 0.267. The highest BCUT2D eigenvalue weighted by Gasteiger charge is 2.20. The van der Waals surface area contributed by atoms with Gasteiger partial charge in [0.15, 0.2) is 5.13 Å². The van der Waals surface area contributed by atoms with Gasteiger partial charge in [-0.15, -0.1) is 0 Å². The van der Waals surface area contributed by atoms with Gasteiger partial charge in [-0.3, -0.25) is 14.3 Å². The van der Waals surface area contributed by atoms with Crippen molar-refractivity contribution in [3.8, 4) is 0 Å². The van der Waals surface area contributed by atoms with E-state index in [1.54, 1.807) is 25.1 Å². The van der Waals surface area contributed by atoms with Crippen molar-refractivity contribution in [1.82, 2.24) is 10.3 Å². The summed E-state index contributed by atoms with van der Waals surface area (Å²) >= 11 is 0.924. The van der Waals surface area contributed by atoms with Crippen molar-refractivity contribution in [3.05, 3.63) is 40.9 Å². The minimum absolute atomic E-state index is 0.0492. The van der Waals surface area contributed by atoms with E-state index in [0.717, 1.165) is 11.3 Å². The average molecular weight is 383 g/mol. The van der Waals surface area contributed by atoms with Gasteiger partial charge in [0.1, 0.15) is 4.88 Å². The van der Waals surface area contributed by atoms with Crippen LogP contribution in [0, 0.1) is 6.92 Å². The quantitative estimate of drug-likeness (QED) is 0.701. The minimum Gasteiger partial charge on any atom is -0.469 e. The van der Waals surface area contributed by atoms with Crippen LogP contribution in [-0.4, -0.2) is 38.9 Å². The molecule has 0 saturated carbocycles. The number of methoxy groups -OCH3 is 1. The molecule has 8 nitrogen and oxygen atoms in total. The van der Waals surface area contributed by atoms with Gasteiger partial charge in [-0.05, 0) is 19.1 Å². The van der Waals surface area contributed by atoms with Gasteiger partial charge in [0, 0.05) is 6.54 Å². The van der Waals surface area contributed by atoms with Crippen LogP contribution in [0.3, 0.4) is 0 Å². The van der Waals surface area contributed by atoms with Crippen LogP contribution in [-0.2, 0) is 19.6 Å². The Morgan fingerprint density at radius 1 is 1.24 bits per heavy atom. The van der Waals surface area contributed by atoms with Crippen molar-refractivity contribution < 1.29 is 22.7 Å². The summed E-state index contributed by atoms with van der Waals surface area (Å²) in [5, 5.41) is 2.66. The van der Waals surface area contributed by atoms with Crippen LogP contribution in [0.1, 0.15) is 21.8 Å². The van der Waals surface area contributed by atoms with E-state index in [1.165, 1.54) is 19.2 Å². The van der Waals surface area contributed by atoms with Crippen LogP contribution in [0.5, 0.6) is 0 Å². The maximum absolute atomic E-state index is 12.3. The topological polar surface area (TPSA) is 114 Å². The van der Waals surface area contributed by atoms with Crippen molar-refractivity contribution in [1.29, 1.82) is 0 Å². The number of benzene rings is 1. The number of sulfonamides is 1. The fourth-order valence-corrected chi connectivity index (χ4v) is 4.02. The summed E-state index contributed by atoms with van der Waals surface area (Å²) in [5.41, 5.74) is 0.395. The van der Waals surface area contributed by atoms with E-state index in [2.05, 4.69) is 19.8 Å². The van der Waals surface area contributed by atoms with Crippen molar-refractivity contribution in [2.45, 2.75) is 18.2 Å². The van der Waals surface area contributed by atoms with Gasteiger partial charge in [-0.25, -0.2) is 13.4 Å². The minimum atomic E-state index is -3.77. The Hall–Kier alpha value is -2.46. The van der Waals surface area contributed by atoms with E-state index in [0.29, 0.717) is 5.69 Å². The zero-order valence-corrected chi connectivity index (χ0v) is 15.2. The Morgan fingerprint density at radius 2 is 1.92 bits per heavy atom. The van der Waals surface area contributed by atoms with Crippen molar-refractivity contribution >= 4 is 38.4 Å². The fourth-order valence-electron chi connectivity index (χ4n) is 1.88. The summed E-state index contributed by atoms with van der Waals surface area (Å²) in [6.45, 7) is 1.72. The lowest BCUT2D eigenvalue weighted by atomic mass is 10.3. The van der Waals surface area contributed by atoms with Crippen LogP contribution < -0.4 is 10.0 Å². The predicted octanol–water partition coefficient (Wildman–Crippen LogP) is 1.55. The summed E-state index contributed by atoms with van der Waals surface area (Å²) in [7, 11) is -2.50. The smallest absolute Gasteiger partial charge is 0.307 e. The molecule has 1 aromatic heterocycles. The summed E-state index contributed by atoms with van der Waals surface area (Å²) in [4.78, 5) is 27.6. The van der Waals surface area contributed by atoms with Crippen LogP contribution in [0.2, 0.25) is 0 Å². The number of hydrogen-bond acceptors (Lipinski definition) is 7. The Kier molecular flexibility index (Phi) is 6.10. The molecule has 0 bridgehead atoms. The molecule has 0 aliphatic heterocycles. The number of nitrogens with zero attached hydrogens (tertiary/aromatic N) is 1. The van der Waals surface area contributed by atoms with E-state index in [1.807, 2.05) is 0 Å². The number of anilines is 1. The highest BCUT2D eigenvalue weighted by molar-refractivity contribution is 7.93. The number of aromatic nitrogens is 1. The molecule has 0 radical (unpaired) electrons. The van der Waals surface area contributed by atoms with E-state index < -0.39 is 21.9 Å². The number of aryl methyl sites for hydroxylation is 1. The number of amides is 1. The lowest BCUT2D eigenvalue weighted by molar-refractivity contribution is -0.140. The molecule has 0 spiro atoms. The molecule has 0 fully saturated rings. The normalized spacial score (nSPS) is 11.0. The van der Waals surface area contributed by atoms with Gasteiger partial charge < -0.3 is 10.1 Å². The first-order valence-corrected chi connectivity index (χ1v) is 9.54. The first kappa shape index (κ1) is 18.9. The highest BCUT2D eigenvalue weighted by atomic mass is 32.2. The molecule has 0 unspecified atom stereocenters. The van der Waals surface area contributed by atoms with Gasteiger partial charge in [-0.1, -0.05) is 29.5 Å². The first-order valence-electron chi connectivity index (χ1n) is 7.24. The number of rotatable bonds is 7. The van der Waals surface area contributed by atoms with E-state index >= 15 is 0 Å². The van der Waals surface area contributed by atoms with Crippen LogP contribution in [0.4, 0.5) is 5.13 Å². The number of thiazole rings is 1. The average Bonchev–Trinajstić information content (AvgIpc) is 2.95. The Labute approximate surface area is 149 Å². The van der Waals surface area contributed by atoms with Crippen molar-refractivity contribution in [2.24, 2.45) is 0 Å². The molecular formula is C15H17N3O5S2. The third kappa shape index (κ3) is 5.00. The molecule has 0 aliphatic carbocycles. The van der Waals surface area contributed by atoms with Crippen LogP contribution in [0.25, 0.3) is 0 Å². The number of carbonyl (C=O) groups is 2. The molecular weight excluding hydrogens is 366 g/mol. The number of ether oxygens (including phenoxy) is 1. The van der Waals surface area contributed by atoms with Crippen LogP contribution >= 0.6 is 11.3 Å². The number of carbonyl (C=O) groups excluding carboxylic acids is 2. The molecule has 10 heteroatoms. The molecule has 1 amide bonds. The molecule has 2 aromatic rings. The van der Waals surface area contributed by atoms with Crippen molar-refractivity contribution in [3.63, 3.8) is 0 Å². The second kappa shape index (κ2) is 8.08. The molecule has 134 valence electrons. The lowest BCUT2D eigenvalue weighted by Gasteiger charge is -2.04. The van der Waals surface area contributed by atoms with Gasteiger partial charge in [0.2, 0.25) is 0 Å². The second-order valence-corrected chi connectivity index (χ2v) is 7.62. The van der Waals surface area contributed by atoms with Gasteiger partial charge >= 0.3 is 5.97 Å². The number of esters is 1. The van der Waals surface area contributed by atoms with Gasteiger partial charge in [0.05, 0.1) is 24.1 Å². The lowest BCUT2D eigenvalue weighted by Crippen LogP contribution is -2.26. The number of nitrogens with one attached hydrogen (secondary N) is 2. The van der Waals surface area contributed by atoms with Crippen molar-refractivity contribution in [2.75, 3.05) is 18.4 Å². The van der Waals surface area contributed by atoms with E-state index in [9.17, 15) is 18.0 Å². The Bertz CT molecular complexity index is 863. The van der Waals surface area contributed by atoms with Crippen LogP contribution in [0.15, 0.2) is 35.2 Å². The van der Waals surface area contributed by atoms with E-state index in [4.69, 9.17) is 0 Å². The summed E-state index contributed by atoms with van der Waals surface area (Å²) in [6, 6.07) is 7.86. The van der Waals surface area contributed by atoms with E-state index in [-0.39, 0.29) is 27.9 Å². The zero-order valence-electron chi connectivity index (χ0n) is 13.6. The molecule has 25 heavy (non-hydrogen) atoms. The molecule has 1 aromatic carbocycles. The predicted molar refractivity (Wildman–Crippen MR) is 93.1 cm³/mol. The molecule has 0 aliphatic rings. The maximum atomic E-state index is 12.3. The largest absolute Gasteiger partial charge is 0.469 e. The summed E-state index contributed by atoms with van der Waals surface area (Å²) < 4.78 is 31.4. The monoisotopic (exact) mass is 383 g/mol. The highest BCUT2D eigenvalue weighted by Crippen LogP contribution is 2.25. The zero-order chi connectivity index (χ0) is 18.4. The van der Waals surface area contributed by atoms with Gasteiger partial charge in [0.25, 0.3) is 15.9 Å². The molecule has 0 atom stereocenters. The summed E-state index contributed by atoms with van der Waals surface area (Å²) in [6.07, 6.45) is 0.0492. The standard InChI is InChI=1S/C15H17N3O5S2/c1-10-13(14(20)16-9-8-12(19)23-2)24-15(17-10)18-25(21,22)11-6-4-3-5-7-11/h3-7H,8-9H2,1-2H3,(H,16,20)(H,17,18). The molecule has 0 saturated heterocycles. The Morgan fingerprint density at radius 3 is 2.56 bits per heavy atom. The van der Waals surface area contributed by atoms with Gasteiger partial charge in [-0.2, -0.15) is 0 Å². The third-order valence-electron chi connectivity index (χ3n) is 3.12. The SMILES string of the molecule is COC(=O)CCNC(=O)c1sc(NS(=O)(=O)c2ccccc2)nc1C. The first-order chi connectivity index (χ1) is 11.8. The molecule has 1 heterocycles. The third-order valence-corrected chi connectivity index (χ3v) is 5.68. The molecule has 2 rings (SSSR count). The maximum Gasteiger partial charge on any atom is 0.307 e. The molecule has 2 N–H and O–H groups in total. The Balaban J connectivity index is 2.07. The number of hydrogen-bond donors (Lipinski definition) is 2. The summed E-state index contributed by atoms with van der Waals surface area (Å²) in [5.74, 6) is -0.860.